The lowest BCUT2D eigenvalue weighted by Gasteiger charge is -2.10. The Morgan fingerprint density at radius 2 is 1.90 bits per heavy atom. The number of ether oxygens (including phenoxy) is 2. The quantitative estimate of drug-likeness (QED) is 0.744. The van der Waals surface area contributed by atoms with Crippen LogP contribution in [0.4, 0.5) is 0 Å². The van der Waals surface area contributed by atoms with Gasteiger partial charge >= 0.3 is 0 Å². The van der Waals surface area contributed by atoms with E-state index < -0.39 is 0 Å². The Kier molecular flexibility index (Phi) is 6.91. The van der Waals surface area contributed by atoms with E-state index in [0.717, 1.165) is 24.9 Å². The highest BCUT2D eigenvalue weighted by atomic mass is 16.5. The van der Waals surface area contributed by atoms with Crippen LogP contribution < -0.4 is 14.8 Å². The average Bonchev–Trinajstić information content (AvgIpc) is 2.43. The SMILES string of the molecule is COc1ccc(CC(=O)NCCCC(C)C)cc1OC. The Morgan fingerprint density at radius 3 is 2.50 bits per heavy atom. The summed E-state index contributed by atoms with van der Waals surface area (Å²) in [5.41, 5.74) is 0.920. The summed E-state index contributed by atoms with van der Waals surface area (Å²) < 4.78 is 10.4. The number of benzene rings is 1. The molecule has 0 aliphatic rings. The molecule has 4 nitrogen and oxygen atoms in total. The molecule has 0 heterocycles. The highest BCUT2D eigenvalue weighted by Gasteiger charge is 2.08. The molecular formula is C16H25NO3. The highest BCUT2D eigenvalue weighted by Crippen LogP contribution is 2.27. The van der Waals surface area contributed by atoms with Gasteiger partial charge in [0.15, 0.2) is 11.5 Å². The minimum atomic E-state index is 0.0426. The standard InChI is InChI=1S/C16H25NO3/c1-12(2)6-5-9-17-16(18)11-13-7-8-14(19-3)15(10-13)20-4/h7-8,10,12H,5-6,9,11H2,1-4H3,(H,17,18). The van der Waals surface area contributed by atoms with Gasteiger partial charge in [0.25, 0.3) is 0 Å². The van der Waals surface area contributed by atoms with Crippen molar-refractivity contribution in [2.24, 2.45) is 5.92 Å². The molecule has 0 bridgehead atoms. The Labute approximate surface area is 121 Å². The molecule has 1 rings (SSSR count). The number of amides is 1. The monoisotopic (exact) mass is 279 g/mol. The zero-order valence-electron chi connectivity index (χ0n) is 12.9. The van der Waals surface area contributed by atoms with Gasteiger partial charge < -0.3 is 14.8 Å². The van der Waals surface area contributed by atoms with Gasteiger partial charge in [0, 0.05) is 6.54 Å². The number of methoxy groups -OCH3 is 2. The van der Waals surface area contributed by atoms with Crippen molar-refractivity contribution in [3.05, 3.63) is 23.8 Å². The molecule has 0 aromatic heterocycles. The average molecular weight is 279 g/mol. The van der Waals surface area contributed by atoms with Gasteiger partial charge in [-0.25, -0.2) is 0 Å². The van der Waals surface area contributed by atoms with Gasteiger partial charge in [0.05, 0.1) is 20.6 Å². The van der Waals surface area contributed by atoms with Crippen LogP contribution in [-0.4, -0.2) is 26.7 Å². The molecule has 0 unspecified atom stereocenters. The van der Waals surface area contributed by atoms with Crippen molar-refractivity contribution in [3.63, 3.8) is 0 Å². The van der Waals surface area contributed by atoms with E-state index in [2.05, 4.69) is 19.2 Å². The Hall–Kier alpha value is -1.71. The van der Waals surface area contributed by atoms with E-state index >= 15 is 0 Å². The van der Waals surface area contributed by atoms with E-state index in [-0.39, 0.29) is 5.91 Å². The summed E-state index contributed by atoms with van der Waals surface area (Å²) in [6.07, 6.45) is 2.52. The van der Waals surface area contributed by atoms with Gasteiger partial charge in [0.1, 0.15) is 0 Å². The van der Waals surface area contributed by atoms with Gasteiger partial charge in [0.2, 0.25) is 5.91 Å². The summed E-state index contributed by atoms with van der Waals surface area (Å²) in [6, 6.07) is 5.54. The minimum Gasteiger partial charge on any atom is -0.493 e. The van der Waals surface area contributed by atoms with Crippen molar-refractivity contribution in [3.8, 4) is 11.5 Å². The van der Waals surface area contributed by atoms with Crippen molar-refractivity contribution in [1.82, 2.24) is 5.32 Å². The molecule has 0 aliphatic carbocycles. The summed E-state index contributed by atoms with van der Waals surface area (Å²) in [4.78, 5) is 11.8. The van der Waals surface area contributed by atoms with E-state index in [1.165, 1.54) is 0 Å². The molecule has 0 radical (unpaired) electrons. The fraction of sp³-hybridized carbons (Fsp3) is 0.562. The molecule has 0 spiro atoms. The van der Waals surface area contributed by atoms with Gasteiger partial charge in [-0.15, -0.1) is 0 Å². The normalized spacial score (nSPS) is 10.4. The Bertz CT molecular complexity index is 430. The molecule has 0 saturated heterocycles. The van der Waals surface area contributed by atoms with Crippen LogP contribution in [0, 0.1) is 5.92 Å². The van der Waals surface area contributed by atoms with E-state index in [1.54, 1.807) is 14.2 Å². The number of hydrogen-bond donors (Lipinski definition) is 1. The highest BCUT2D eigenvalue weighted by molar-refractivity contribution is 5.78. The number of carbonyl (C=O) groups is 1. The minimum absolute atomic E-state index is 0.0426. The van der Waals surface area contributed by atoms with Gasteiger partial charge in [-0.3, -0.25) is 4.79 Å². The lowest BCUT2D eigenvalue weighted by atomic mass is 10.1. The molecular weight excluding hydrogens is 254 g/mol. The fourth-order valence-corrected chi connectivity index (χ4v) is 1.98. The second kappa shape index (κ2) is 8.46. The second-order valence-corrected chi connectivity index (χ2v) is 5.25. The molecule has 0 atom stereocenters. The van der Waals surface area contributed by atoms with Crippen LogP contribution in [0.5, 0.6) is 11.5 Å². The second-order valence-electron chi connectivity index (χ2n) is 5.25. The lowest BCUT2D eigenvalue weighted by molar-refractivity contribution is -0.120. The van der Waals surface area contributed by atoms with Crippen LogP contribution in [0.3, 0.4) is 0 Å². The molecule has 1 N–H and O–H groups in total. The number of hydrogen-bond acceptors (Lipinski definition) is 3. The Balaban J connectivity index is 2.45. The van der Waals surface area contributed by atoms with E-state index in [4.69, 9.17) is 9.47 Å². The fourth-order valence-electron chi connectivity index (χ4n) is 1.98. The first-order valence-electron chi connectivity index (χ1n) is 7.04. The topological polar surface area (TPSA) is 47.6 Å². The smallest absolute Gasteiger partial charge is 0.224 e. The predicted octanol–water partition coefficient (Wildman–Crippen LogP) is 2.80. The number of nitrogens with one attached hydrogen (secondary N) is 1. The zero-order chi connectivity index (χ0) is 15.0. The van der Waals surface area contributed by atoms with Crippen LogP contribution >= 0.6 is 0 Å². The van der Waals surface area contributed by atoms with E-state index in [1.807, 2.05) is 18.2 Å². The molecule has 1 aromatic rings. The third kappa shape index (κ3) is 5.51. The number of carbonyl (C=O) groups excluding carboxylic acids is 1. The molecule has 4 heteroatoms. The first kappa shape index (κ1) is 16.3. The molecule has 0 fully saturated rings. The van der Waals surface area contributed by atoms with Crippen molar-refractivity contribution < 1.29 is 14.3 Å². The van der Waals surface area contributed by atoms with Gasteiger partial charge in [-0.05, 0) is 36.5 Å². The van der Waals surface area contributed by atoms with Gasteiger partial charge in [-0.2, -0.15) is 0 Å². The van der Waals surface area contributed by atoms with Crippen LogP contribution in [-0.2, 0) is 11.2 Å². The lowest BCUT2D eigenvalue weighted by Crippen LogP contribution is -2.26. The Morgan fingerprint density at radius 1 is 1.20 bits per heavy atom. The third-order valence-corrected chi connectivity index (χ3v) is 3.09. The first-order chi connectivity index (χ1) is 9.56. The summed E-state index contributed by atoms with van der Waals surface area (Å²) in [5, 5.41) is 2.94. The van der Waals surface area contributed by atoms with Crippen molar-refractivity contribution in [2.45, 2.75) is 33.1 Å². The summed E-state index contributed by atoms with van der Waals surface area (Å²) >= 11 is 0. The maximum Gasteiger partial charge on any atom is 0.224 e. The van der Waals surface area contributed by atoms with Crippen LogP contribution in [0.25, 0.3) is 0 Å². The maximum atomic E-state index is 11.8. The van der Waals surface area contributed by atoms with Crippen LogP contribution in [0.1, 0.15) is 32.3 Å². The molecule has 1 amide bonds. The van der Waals surface area contributed by atoms with Crippen LogP contribution in [0.15, 0.2) is 18.2 Å². The molecule has 0 saturated carbocycles. The third-order valence-electron chi connectivity index (χ3n) is 3.09. The van der Waals surface area contributed by atoms with E-state index in [9.17, 15) is 4.79 Å². The number of rotatable bonds is 8. The van der Waals surface area contributed by atoms with Crippen molar-refractivity contribution in [1.29, 1.82) is 0 Å². The van der Waals surface area contributed by atoms with Crippen molar-refractivity contribution >= 4 is 5.91 Å². The maximum absolute atomic E-state index is 11.8. The van der Waals surface area contributed by atoms with E-state index in [0.29, 0.717) is 23.8 Å². The first-order valence-corrected chi connectivity index (χ1v) is 7.04. The molecule has 20 heavy (non-hydrogen) atoms. The molecule has 1 aromatic carbocycles. The summed E-state index contributed by atoms with van der Waals surface area (Å²) in [5.74, 6) is 2.05. The zero-order valence-corrected chi connectivity index (χ0v) is 12.9. The van der Waals surface area contributed by atoms with Crippen LogP contribution in [0.2, 0.25) is 0 Å². The molecule has 0 aliphatic heterocycles. The largest absolute Gasteiger partial charge is 0.493 e. The van der Waals surface area contributed by atoms with Crippen molar-refractivity contribution in [2.75, 3.05) is 20.8 Å². The predicted molar refractivity (Wildman–Crippen MR) is 80.3 cm³/mol. The summed E-state index contributed by atoms with van der Waals surface area (Å²) in [6.45, 7) is 5.11. The molecule has 112 valence electrons. The summed E-state index contributed by atoms with van der Waals surface area (Å²) in [7, 11) is 3.19. The van der Waals surface area contributed by atoms with Gasteiger partial charge in [-0.1, -0.05) is 19.9 Å².